The van der Waals surface area contributed by atoms with Crippen LogP contribution in [0.3, 0.4) is 0 Å². The lowest BCUT2D eigenvalue weighted by molar-refractivity contribution is -0.141. The highest BCUT2D eigenvalue weighted by Crippen LogP contribution is 2.41. The van der Waals surface area contributed by atoms with Gasteiger partial charge >= 0.3 is 6.18 Å². The highest BCUT2D eigenvalue weighted by molar-refractivity contribution is 5.45. The smallest absolute Gasteiger partial charge is 0.433 e. The third-order valence-electron chi connectivity index (χ3n) is 6.18. The van der Waals surface area contributed by atoms with Gasteiger partial charge in [0, 0.05) is 29.9 Å². The number of benzene rings is 1. The lowest BCUT2D eigenvalue weighted by Gasteiger charge is -2.30. The molecule has 168 valence electrons. The average Bonchev–Trinajstić information content (AvgIpc) is 3.07. The number of fused-ring (bicyclic) bond motifs is 1. The Kier molecular flexibility index (Phi) is 5.62. The van der Waals surface area contributed by atoms with Crippen molar-refractivity contribution >= 4 is 0 Å². The minimum atomic E-state index is -4.46. The molecule has 4 rings (SSSR count). The van der Waals surface area contributed by atoms with Crippen LogP contribution in [-0.4, -0.2) is 36.2 Å². The first kappa shape index (κ1) is 21.9. The molecular formula is C23H26F4N2O2. The van der Waals surface area contributed by atoms with Crippen LogP contribution in [0.1, 0.15) is 48.8 Å². The van der Waals surface area contributed by atoms with Crippen molar-refractivity contribution in [3.8, 4) is 11.5 Å². The molecule has 0 spiro atoms. The molecule has 1 saturated heterocycles. The maximum Gasteiger partial charge on any atom is 0.433 e. The number of halogens is 4. The number of aromatic nitrogens is 1. The van der Waals surface area contributed by atoms with E-state index in [0.717, 1.165) is 19.0 Å². The molecule has 1 unspecified atom stereocenters. The second-order valence-electron chi connectivity index (χ2n) is 8.90. The number of alkyl halides is 3. The van der Waals surface area contributed by atoms with E-state index in [1.165, 1.54) is 6.07 Å². The zero-order chi connectivity index (χ0) is 22.4. The van der Waals surface area contributed by atoms with Gasteiger partial charge in [-0.05, 0) is 62.4 Å². The normalized spacial score (nSPS) is 22.5. The van der Waals surface area contributed by atoms with Gasteiger partial charge in [-0.1, -0.05) is 6.92 Å². The van der Waals surface area contributed by atoms with Gasteiger partial charge in [-0.2, -0.15) is 13.2 Å². The summed E-state index contributed by atoms with van der Waals surface area (Å²) in [5, 5.41) is 0. The van der Waals surface area contributed by atoms with Crippen molar-refractivity contribution in [1.82, 2.24) is 9.88 Å². The van der Waals surface area contributed by atoms with E-state index in [-0.39, 0.29) is 17.3 Å². The summed E-state index contributed by atoms with van der Waals surface area (Å²) < 4.78 is 65.2. The number of hydrogen-bond donors (Lipinski definition) is 0. The van der Waals surface area contributed by atoms with Gasteiger partial charge in [-0.25, -0.2) is 9.37 Å². The number of hydrogen-bond acceptors (Lipinski definition) is 4. The lowest BCUT2D eigenvalue weighted by Crippen LogP contribution is -2.29. The van der Waals surface area contributed by atoms with E-state index in [2.05, 4.69) is 16.8 Å². The molecule has 0 aliphatic carbocycles. The molecule has 1 aromatic heterocycles. The van der Waals surface area contributed by atoms with Crippen LogP contribution in [0, 0.1) is 18.2 Å². The molecular weight excluding hydrogens is 412 g/mol. The fraction of sp³-hybridized carbons (Fsp3) is 0.522. The topological polar surface area (TPSA) is 34.6 Å². The molecule has 2 aliphatic rings. The van der Waals surface area contributed by atoms with Crippen LogP contribution < -0.4 is 9.47 Å². The van der Waals surface area contributed by atoms with Crippen molar-refractivity contribution in [2.75, 3.05) is 26.3 Å². The van der Waals surface area contributed by atoms with Gasteiger partial charge in [-0.15, -0.1) is 0 Å². The quantitative estimate of drug-likeness (QED) is 0.604. The van der Waals surface area contributed by atoms with Gasteiger partial charge in [0.2, 0.25) is 0 Å². The van der Waals surface area contributed by atoms with Gasteiger partial charge in [-0.3, -0.25) is 4.90 Å². The number of aryl methyl sites for hydroxylation is 1. The Morgan fingerprint density at radius 3 is 2.48 bits per heavy atom. The van der Waals surface area contributed by atoms with E-state index >= 15 is 0 Å². The zero-order valence-corrected chi connectivity index (χ0v) is 17.9. The Morgan fingerprint density at radius 2 is 1.81 bits per heavy atom. The maximum absolute atomic E-state index is 14.7. The van der Waals surface area contributed by atoms with Crippen LogP contribution in [0.15, 0.2) is 24.3 Å². The molecule has 0 amide bonds. The van der Waals surface area contributed by atoms with Gasteiger partial charge in [0.15, 0.2) is 11.5 Å². The molecule has 31 heavy (non-hydrogen) atoms. The maximum atomic E-state index is 14.7. The molecule has 0 bridgehead atoms. The Labute approximate surface area is 179 Å². The Balaban J connectivity index is 1.51. The highest BCUT2D eigenvalue weighted by atomic mass is 19.4. The fourth-order valence-corrected chi connectivity index (χ4v) is 4.61. The average molecular weight is 438 g/mol. The van der Waals surface area contributed by atoms with Crippen LogP contribution in [0.4, 0.5) is 17.6 Å². The summed E-state index contributed by atoms with van der Waals surface area (Å²) in [7, 11) is 0. The van der Waals surface area contributed by atoms with Crippen LogP contribution in [-0.2, 0) is 12.6 Å². The first-order valence-corrected chi connectivity index (χ1v) is 10.4. The Hall–Kier alpha value is -2.35. The fourth-order valence-electron chi connectivity index (χ4n) is 4.61. The SMILES string of the molecule is Cc1cc(C[C@@]2(C)CCN(C(C)c3cc4c(cc3F)OCCO4)C2)cc(C(F)(F)F)n1. The molecule has 3 heterocycles. The van der Waals surface area contributed by atoms with Crippen molar-refractivity contribution in [2.24, 2.45) is 5.41 Å². The number of nitrogens with zero attached hydrogens (tertiary/aromatic N) is 2. The third kappa shape index (κ3) is 4.63. The summed E-state index contributed by atoms with van der Waals surface area (Å²) in [6, 6.07) is 5.74. The lowest BCUT2D eigenvalue weighted by atomic mass is 9.83. The van der Waals surface area contributed by atoms with Crippen LogP contribution in [0.2, 0.25) is 0 Å². The number of likely N-dealkylation sites (tertiary alicyclic amines) is 1. The van der Waals surface area contributed by atoms with Crippen molar-refractivity contribution in [3.05, 3.63) is 52.6 Å². The standard InChI is InChI=1S/C23H26F4N2O2/c1-14-8-16(9-21(28-14)23(25,26)27)12-22(3)4-5-29(13-22)15(2)17-10-19-20(11-18(17)24)31-7-6-30-19/h8-11,15H,4-7,12-13H2,1-3H3/t15?,22-/m1/s1. The summed E-state index contributed by atoms with van der Waals surface area (Å²) in [4.78, 5) is 5.80. The first-order valence-electron chi connectivity index (χ1n) is 10.4. The van der Waals surface area contributed by atoms with Gasteiger partial charge < -0.3 is 9.47 Å². The molecule has 0 N–H and O–H groups in total. The minimum absolute atomic E-state index is 0.192. The number of rotatable bonds is 4. The molecule has 0 radical (unpaired) electrons. The monoisotopic (exact) mass is 438 g/mol. The molecule has 8 heteroatoms. The van der Waals surface area contributed by atoms with Crippen LogP contribution in [0.25, 0.3) is 0 Å². The molecule has 2 aliphatic heterocycles. The van der Waals surface area contributed by atoms with Crippen molar-refractivity contribution < 1.29 is 27.0 Å². The minimum Gasteiger partial charge on any atom is -0.486 e. The number of ether oxygens (including phenoxy) is 2. The van der Waals surface area contributed by atoms with Crippen molar-refractivity contribution in [3.63, 3.8) is 0 Å². The molecule has 2 atom stereocenters. The van der Waals surface area contributed by atoms with Crippen molar-refractivity contribution in [1.29, 1.82) is 0 Å². The summed E-state index contributed by atoms with van der Waals surface area (Å²) in [6.45, 7) is 7.82. The van der Waals surface area contributed by atoms with E-state index in [1.807, 2.05) is 6.92 Å². The molecule has 0 saturated carbocycles. The van der Waals surface area contributed by atoms with E-state index in [9.17, 15) is 17.6 Å². The summed E-state index contributed by atoms with van der Waals surface area (Å²) in [5.41, 5.74) is 0.451. The first-order chi connectivity index (χ1) is 14.5. The molecule has 1 fully saturated rings. The van der Waals surface area contributed by atoms with E-state index < -0.39 is 11.9 Å². The predicted molar refractivity (Wildman–Crippen MR) is 108 cm³/mol. The molecule has 4 nitrogen and oxygen atoms in total. The third-order valence-corrected chi connectivity index (χ3v) is 6.18. The highest BCUT2D eigenvalue weighted by Gasteiger charge is 2.38. The van der Waals surface area contributed by atoms with Gasteiger partial charge in [0.25, 0.3) is 0 Å². The van der Waals surface area contributed by atoms with Crippen LogP contribution in [0.5, 0.6) is 11.5 Å². The van der Waals surface area contributed by atoms with Crippen molar-refractivity contribution in [2.45, 2.75) is 45.8 Å². The van der Waals surface area contributed by atoms with E-state index in [1.54, 1.807) is 19.1 Å². The largest absolute Gasteiger partial charge is 0.486 e. The van der Waals surface area contributed by atoms with E-state index in [0.29, 0.717) is 54.5 Å². The number of pyridine rings is 1. The summed E-state index contributed by atoms with van der Waals surface area (Å²) in [6.07, 6.45) is -3.15. The summed E-state index contributed by atoms with van der Waals surface area (Å²) >= 11 is 0. The second kappa shape index (κ2) is 7.97. The zero-order valence-electron chi connectivity index (χ0n) is 17.9. The second-order valence-corrected chi connectivity index (χ2v) is 8.90. The Morgan fingerprint density at radius 1 is 1.13 bits per heavy atom. The molecule has 2 aromatic rings. The van der Waals surface area contributed by atoms with Crippen LogP contribution >= 0.6 is 0 Å². The summed E-state index contributed by atoms with van der Waals surface area (Å²) in [5.74, 6) is 0.618. The van der Waals surface area contributed by atoms with E-state index in [4.69, 9.17) is 9.47 Å². The predicted octanol–water partition coefficient (Wildman–Crippen LogP) is 5.33. The molecule has 1 aromatic carbocycles. The Bertz CT molecular complexity index is 979. The van der Waals surface area contributed by atoms with Gasteiger partial charge in [0.1, 0.15) is 24.7 Å². The van der Waals surface area contributed by atoms with Gasteiger partial charge in [0.05, 0.1) is 0 Å².